The van der Waals surface area contributed by atoms with E-state index in [-0.39, 0.29) is 29.4 Å². The smallest absolute Gasteiger partial charge is 0.340 e. The Labute approximate surface area is 170 Å². The van der Waals surface area contributed by atoms with Crippen LogP contribution in [0.3, 0.4) is 0 Å². The molecular weight excluding hydrogens is 430 g/mol. The van der Waals surface area contributed by atoms with Gasteiger partial charge in [-0.15, -0.1) is 0 Å². The van der Waals surface area contributed by atoms with Crippen molar-refractivity contribution in [3.05, 3.63) is 51.1 Å². The second kappa shape index (κ2) is 9.53. The Morgan fingerprint density at radius 2 is 2.07 bits per heavy atom. The number of nitriles is 1. The zero-order valence-corrected chi connectivity index (χ0v) is 17.5. The highest BCUT2D eigenvalue weighted by atomic mass is 79.9. The van der Waals surface area contributed by atoms with Crippen molar-refractivity contribution >= 4 is 45.3 Å². The number of nitrogens with one attached hydrogen (secondary N) is 1. The standard InChI is InChI=1S/C19H18BrN3O3S/c1-4-26-19(25)14-8-13(9-21)18(22-12(14)3)27-10-17(24)23-16-6-5-11(2)7-15(16)20/h5-8H,4,10H2,1-3H3,(H,23,24). The quantitative estimate of drug-likeness (QED) is 0.525. The van der Waals surface area contributed by atoms with E-state index in [1.807, 2.05) is 31.2 Å². The average molecular weight is 448 g/mol. The summed E-state index contributed by atoms with van der Waals surface area (Å²) >= 11 is 4.56. The molecule has 0 saturated carbocycles. The van der Waals surface area contributed by atoms with E-state index in [9.17, 15) is 14.9 Å². The Balaban J connectivity index is 2.10. The summed E-state index contributed by atoms with van der Waals surface area (Å²) < 4.78 is 5.77. The van der Waals surface area contributed by atoms with Gasteiger partial charge in [-0.3, -0.25) is 4.79 Å². The number of rotatable bonds is 6. The van der Waals surface area contributed by atoms with E-state index in [1.54, 1.807) is 13.8 Å². The number of aryl methyl sites for hydroxylation is 2. The highest BCUT2D eigenvalue weighted by molar-refractivity contribution is 9.10. The molecular formula is C19H18BrN3O3S. The predicted octanol–water partition coefficient (Wildman–Crippen LogP) is 4.24. The molecule has 140 valence electrons. The van der Waals surface area contributed by atoms with E-state index in [1.165, 1.54) is 6.07 Å². The molecule has 0 aliphatic carbocycles. The van der Waals surface area contributed by atoms with Crippen LogP contribution in [0.5, 0.6) is 0 Å². The van der Waals surface area contributed by atoms with Gasteiger partial charge in [-0.2, -0.15) is 5.26 Å². The minimum Gasteiger partial charge on any atom is -0.462 e. The molecule has 0 bridgehead atoms. The van der Waals surface area contributed by atoms with Crippen LogP contribution in [0.15, 0.2) is 33.8 Å². The summed E-state index contributed by atoms with van der Waals surface area (Å²) in [6.07, 6.45) is 0. The number of aromatic nitrogens is 1. The van der Waals surface area contributed by atoms with Crippen LogP contribution < -0.4 is 5.32 Å². The minimum atomic E-state index is -0.516. The molecule has 1 N–H and O–H groups in total. The largest absolute Gasteiger partial charge is 0.462 e. The Bertz CT molecular complexity index is 925. The molecule has 6 nitrogen and oxygen atoms in total. The van der Waals surface area contributed by atoms with E-state index >= 15 is 0 Å². The summed E-state index contributed by atoms with van der Waals surface area (Å²) in [5.74, 6) is -0.653. The van der Waals surface area contributed by atoms with Gasteiger partial charge in [0.2, 0.25) is 5.91 Å². The maximum atomic E-state index is 12.2. The second-order valence-electron chi connectivity index (χ2n) is 5.63. The van der Waals surface area contributed by atoms with Crippen molar-refractivity contribution < 1.29 is 14.3 Å². The van der Waals surface area contributed by atoms with Crippen LogP contribution in [0.25, 0.3) is 0 Å². The van der Waals surface area contributed by atoms with Gasteiger partial charge in [0.1, 0.15) is 11.1 Å². The van der Waals surface area contributed by atoms with Crippen molar-refractivity contribution in [2.75, 3.05) is 17.7 Å². The SMILES string of the molecule is CCOC(=O)c1cc(C#N)c(SCC(=O)Nc2ccc(C)cc2Br)nc1C. The Hall–Kier alpha value is -2.37. The summed E-state index contributed by atoms with van der Waals surface area (Å²) in [7, 11) is 0. The average Bonchev–Trinajstić information content (AvgIpc) is 2.62. The number of pyridine rings is 1. The number of benzene rings is 1. The Morgan fingerprint density at radius 1 is 1.33 bits per heavy atom. The van der Waals surface area contributed by atoms with E-state index in [0.29, 0.717) is 16.4 Å². The van der Waals surface area contributed by atoms with Crippen LogP contribution in [0.1, 0.15) is 34.1 Å². The van der Waals surface area contributed by atoms with Gasteiger partial charge in [0.15, 0.2) is 0 Å². The summed E-state index contributed by atoms with van der Waals surface area (Å²) in [6.45, 7) is 5.58. The first-order valence-corrected chi connectivity index (χ1v) is 9.91. The summed E-state index contributed by atoms with van der Waals surface area (Å²) in [4.78, 5) is 28.5. The fourth-order valence-corrected chi connectivity index (χ4v) is 3.62. The zero-order chi connectivity index (χ0) is 20.0. The lowest BCUT2D eigenvalue weighted by Gasteiger charge is -2.10. The molecule has 1 aromatic carbocycles. The first-order chi connectivity index (χ1) is 12.8. The number of amides is 1. The first kappa shape index (κ1) is 20.9. The lowest BCUT2D eigenvalue weighted by Crippen LogP contribution is -2.15. The maximum absolute atomic E-state index is 12.2. The molecule has 27 heavy (non-hydrogen) atoms. The number of carbonyl (C=O) groups is 2. The number of carbonyl (C=O) groups excluding carboxylic acids is 2. The Kier molecular flexibility index (Phi) is 7.39. The zero-order valence-electron chi connectivity index (χ0n) is 15.1. The molecule has 0 aliphatic rings. The molecule has 0 fully saturated rings. The molecule has 8 heteroatoms. The summed E-state index contributed by atoms with van der Waals surface area (Å²) in [6, 6.07) is 9.11. The number of hydrogen-bond donors (Lipinski definition) is 1. The van der Waals surface area contributed by atoms with Crippen molar-refractivity contribution in [1.82, 2.24) is 4.98 Å². The Morgan fingerprint density at radius 3 is 2.70 bits per heavy atom. The number of thioether (sulfide) groups is 1. The minimum absolute atomic E-state index is 0.0835. The van der Waals surface area contributed by atoms with E-state index < -0.39 is 5.97 Å². The molecule has 0 atom stereocenters. The van der Waals surface area contributed by atoms with Gasteiger partial charge in [0, 0.05) is 4.47 Å². The fourth-order valence-electron chi connectivity index (χ4n) is 2.23. The molecule has 0 spiro atoms. The van der Waals surface area contributed by atoms with E-state index in [4.69, 9.17) is 4.74 Å². The number of nitrogens with zero attached hydrogens (tertiary/aromatic N) is 2. The normalized spacial score (nSPS) is 10.2. The molecule has 2 rings (SSSR count). The molecule has 0 saturated heterocycles. The number of hydrogen-bond acceptors (Lipinski definition) is 6. The van der Waals surface area contributed by atoms with Gasteiger partial charge in [0.25, 0.3) is 0 Å². The highest BCUT2D eigenvalue weighted by Crippen LogP contribution is 2.26. The fraction of sp³-hybridized carbons (Fsp3) is 0.263. The first-order valence-electron chi connectivity index (χ1n) is 8.13. The lowest BCUT2D eigenvalue weighted by molar-refractivity contribution is -0.113. The molecule has 0 unspecified atom stereocenters. The third kappa shape index (κ3) is 5.55. The third-order valence-corrected chi connectivity index (χ3v) is 5.18. The van der Waals surface area contributed by atoms with E-state index in [0.717, 1.165) is 21.8 Å². The molecule has 1 amide bonds. The van der Waals surface area contributed by atoms with Gasteiger partial charge in [-0.05, 0) is 60.5 Å². The van der Waals surface area contributed by atoms with Crippen molar-refractivity contribution in [3.63, 3.8) is 0 Å². The van der Waals surface area contributed by atoms with Crippen molar-refractivity contribution in [2.45, 2.75) is 25.8 Å². The number of halogens is 1. The summed E-state index contributed by atoms with van der Waals surface area (Å²) in [5.41, 5.74) is 2.70. The number of esters is 1. The van der Waals surface area contributed by atoms with Crippen LogP contribution in [-0.4, -0.2) is 29.2 Å². The van der Waals surface area contributed by atoms with Gasteiger partial charge in [-0.25, -0.2) is 9.78 Å². The number of anilines is 1. The molecule has 2 aromatic rings. The van der Waals surface area contributed by atoms with Gasteiger partial charge >= 0.3 is 5.97 Å². The number of ether oxygens (including phenoxy) is 1. The van der Waals surface area contributed by atoms with Gasteiger partial charge in [0.05, 0.1) is 34.9 Å². The van der Waals surface area contributed by atoms with Crippen LogP contribution in [0, 0.1) is 25.2 Å². The van der Waals surface area contributed by atoms with Crippen LogP contribution in [0.2, 0.25) is 0 Å². The highest BCUT2D eigenvalue weighted by Gasteiger charge is 2.17. The molecule has 0 aliphatic heterocycles. The lowest BCUT2D eigenvalue weighted by atomic mass is 10.1. The van der Waals surface area contributed by atoms with E-state index in [2.05, 4.69) is 26.2 Å². The third-order valence-electron chi connectivity index (χ3n) is 3.53. The van der Waals surface area contributed by atoms with Crippen molar-refractivity contribution in [3.8, 4) is 6.07 Å². The monoisotopic (exact) mass is 447 g/mol. The summed E-state index contributed by atoms with van der Waals surface area (Å²) in [5, 5.41) is 12.6. The molecule has 1 aromatic heterocycles. The van der Waals surface area contributed by atoms with Crippen LogP contribution in [0.4, 0.5) is 5.69 Å². The second-order valence-corrected chi connectivity index (χ2v) is 7.44. The van der Waals surface area contributed by atoms with Gasteiger partial charge in [-0.1, -0.05) is 17.8 Å². The molecule has 1 heterocycles. The van der Waals surface area contributed by atoms with Crippen molar-refractivity contribution in [1.29, 1.82) is 5.26 Å². The predicted molar refractivity (Wildman–Crippen MR) is 108 cm³/mol. The van der Waals surface area contributed by atoms with Crippen LogP contribution in [-0.2, 0) is 9.53 Å². The van der Waals surface area contributed by atoms with Crippen molar-refractivity contribution in [2.24, 2.45) is 0 Å². The van der Waals surface area contributed by atoms with Crippen LogP contribution >= 0.6 is 27.7 Å². The topological polar surface area (TPSA) is 92.1 Å². The maximum Gasteiger partial charge on any atom is 0.340 e. The molecule has 0 radical (unpaired) electrons. The van der Waals surface area contributed by atoms with Gasteiger partial charge < -0.3 is 10.1 Å².